The highest BCUT2D eigenvalue weighted by molar-refractivity contribution is 7.92. The van der Waals surface area contributed by atoms with Crippen LogP contribution in [0.2, 0.25) is 5.02 Å². The van der Waals surface area contributed by atoms with Gasteiger partial charge in [0, 0.05) is 18.0 Å². The summed E-state index contributed by atoms with van der Waals surface area (Å²) in [7, 11) is -2.74. The van der Waals surface area contributed by atoms with E-state index in [4.69, 9.17) is 21.1 Å². The van der Waals surface area contributed by atoms with E-state index < -0.39 is 38.2 Å². The molecule has 32 heavy (non-hydrogen) atoms. The monoisotopic (exact) mass is 485 g/mol. The number of carbonyl (C=O) groups excluding carboxylic acids is 1. The minimum Gasteiger partial charge on any atom is -0.490 e. The van der Waals surface area contributed by atoms with Crippen LogP contribution in [-0.4, -0.2) is 34.8 Å². The standard InChI is InChI=1S/C22H22ClF2NO5S/c1-26-21(27)31-11-13-8-9-22(32(28,29)16-4-2-15(23)3-5-16)14(10-13)12-30-20-18(25)7-6-17(24)19(20)22/h2-7,13-14H,8-12H2,1H3,(H,26,27)/t13-,14-,22+/m1/s1. The first-order valence-electron chi connectivity index (χ1n) is 10.2. The van der Waals surface area contributed by atoms with Gasteiger partial charge in [-0.3, -0.25) is 0 Å². The molecule has 6 nitrogen and oxygen atoms in total. The van der Waals surface area contributed by atoms with Crippen LogP contribution in [0.1, 0.15) is 24.8 Å². The van der Waals surface area contributed by atoms with Crippen LogP contribution in [0.3, 0.4) is 0 Å². The molecule has 2 aromatic carbocycles. The Hall–Kier alpha value is -2.39. The SMILES string of the molecule is CNC(=O)OC[C@@H]1CC[C@@]2(S(=O)(=O)c3ccc(Cl)cc3)c3c(F)ccc(F)c3OC[C@H]2C1. The van der Waals surface area contributed by atoms with E-state index in [9.17, 15) is 17.6 Å². The van der Waals surface area contributed by atoms with Crippen molar-refractivity contribution in [3.05, 3.63) is 58.6 Å². The van der Waals surface area contributed by atoms with E-state index in [1.54, 1.807) is 0 Å². The lowest BCUT2D eigenvalue weighted by Crippen LogP contribution is -2.52. The Balaban J connectivity index is 1.83. The molecule has 1 N–H and O–H groups in total. The van der Waals surface area contributed by atoms with Gasteiger partial charge in [0.2, 0.25) is 0 Å². The molecule has 1 fully saturated rings. The van der Waals surface area contributed by atoms with Crippen LogP contribution in [0, 0.1) is 23.5 Å². The van der Waals surface area contributed by atoms with Gasteiger partial charge in [-0.25, -0.2) is 22.0 Å². The largest absolute Gasteiger partial charge is 0.490 e. The molecule has 172 valence electrons. The van der Waals surface area contributed by atoms with E-state index >= 15 is 4.39 Å². The number of halogens is 3. The second-order valence-corrected chi connectivity index (χ2v) is 10.7. The molecule has 0 bridgehead atoms. The molecular weight excluding hydrogens is 464 g/mol. The fourth-order valence-corrected chi connectivity index (χ4v) is 7.34. The van der Waals surface area contributed by atoms with Crippen LogP contribution in [-0.2, 0) is 19.3 Å². The number of fused-ring (bicyclic) bond motifs is 3. The van der Waals surface area contributed by atoms with Crippen LogP contribution in [0.5, 0.6) is 5.75 Å². The number of alkyl carbamates (subject to hydrolysis) is 1. The van der Waals surface area contributed by atoms with Crippen molar-refractivity contribution in [2.75, 3.05) is 20.3 Å². The zero-order valence-electron chi connectivity index (χ0n) is 17.2. The average Bonchev–Trinajstić information content (AvgIpc) is 2.79. The third kappa shape index (κ3) is 3.61. The molecule has 1 saturated carbocycles. The zero-order valence-corrected chi connectivity index (χ0v) is 18.8. The highest BCUT2D eigenvalue weighted by Crippen LogP contribution is 2.57. The van der Waals surface area contributed by atoms with Crippen molar-refractivity contribution in [2.24, 2.45) is 11.8 Å². The Morgan fingerprint density at radius 3 is 2.59 bits per heavy atom. The summed E-state index contributed by atoms with van der Waals surface area (Å²) in [6.45, 7) is -0.0115. The van der Waals surface area contributed by atoms with Gasteiger partial charge >= 0.3 is 6.09 Å². The summed E-state index contributed by atoms with van der Waals surface area (Å²) in [6, 6.07) is 7.50. The van der Waals surface area contributed by atoms with E-state index in [0.29, 0.717) is 17.9 Å². The average molecular weight is 486 g/mol. The van der Waals surface area contributed by atoms with Gasteiger partial charge in [0.25, 0.3) is 0 Å². The third-order valence-corrected chi connectivity index (χ3v) is 9.22. The van der Waals surface area contributed by atoms with Gasteiger partial charge in [-0.2, -0.15) is 0 Å². The van der Waals surface area contributed by atoms with Crippen molar-refractivity contribution in [1.82, 2.24) is 5.32 Å². The van der Waals surface area contributed by atoms with Crippen molar-refractivity contribution in [3.63, 3.8) is 0 Å². The smallest absolute Gasteiger partial charge is 0.406 e. The van der Waals surface area contributed by atoms with Gasteiger partial charge in [0.05, 0.1) is 23.7 Å². The first-order valence-corrected chi connectivity index (χ1v) is 12.0. The minimum absolute atomic E-state index is 0.0246. The Kier molecular flexibility index (Phi) is 6.06. The Morgan fingerprint density at radius 2 is 1.91 bits per heavy atom. The number of carbonyl (C=O) groups is 1. The first-order chi connectivity index (χ1) is 15.2. The van der Waals surface area contributed by atoms with Crippen LogP contribution in [0.15, 0.2) is 41.3 Å². The number of hydrogen-bond acceptors (Lipinski definition) is 5. The van der Waals surface area contributed by atoms with Gasteiger partial charge in [-0.05, 0) is 61.6 Å². The Bertz CT molecular complexity index is 1140. The molecule has 1 aliphatic heterocycles. The highest BCUT2D eigenvalue weighted by atomic mass is 35.5. The summed E-state index contributed by atoms with van der Waals surface area (Å²) < 4.78 is 66.8. The number of sulfone groups is 1. The predicted molar refractivity (Wildman–Crippen MR) is 113 cm³/mol. The first kappa shape index (κ1) is 22.8. The van der Waals surface area contributed by atoms with E-state index in [-0.39, 0.29) is 41.8 Å². The summed E-state index contributed by atoms with van der Waals surface area (Å²) in [6.07, 6.45) is 0.0877. The Morgan fingerprint density at radius 1 is 1.22 bits per heavy atom. The number of nitrogens with one attached hydrogen (secondary N) is 1. The summed E-state index contributed by atoms with van der Waals surface area (Å²) in [5.74, 6) is -2.82. The second kappa shape index (κ2) is 8.51. The molecule has 0 radical (unpaired) electrons. The minimum atomic E-state index is -4.18. The van der Waals surface area contributed by atoms with Gasteiger partial charge in [0.1, 0.15) is 10.6 Å². The molecule has 10 heteroatoms. The maximum Gasteiger partial charge on any atom is 0.406 e. The number of amides is 1. The van der Waals surface area contributed by atoms with Crippen molar-refractivity contribution >= 4 is 27.5 Å². The topological polar surface area (TPSA) is 81.7 Å². The second-order valence-electron chi connectivity index (χ2n) is 8.08. The summed E-state index contributed by atoms with van der Waals surface area (Å²) in [4.78, 5) is 11.4. The summed E-state index contributed by atoms with van der Waals surface area (Å²) >= 11 is 5.93. The van der Waals surface area contributed by atoms with Gasteiger partial charge in [0.15, 0.2) is 21.4 Å². The quantitative estimate of drug-likeness (QED) is 0.691. The summed E-state index contributed by atoms with van der Waals surface area (Å²) in [5, 5.41) is 2.72. The normalized spacial score (nSPS) is 24.6. The van der Waals surface area contributed by atoms with Crippen LogP contribution >= 0.6 is 11.6 Å². The van der Waals surface area contributed by atoms with Crippen molar-refractivity contribution in [3.8, 4) is 5.75 Å². The zero-order chi connectivity index (χ0) is 23.1. The number of benzene rings is 2. The van der Waals surface area contributed by atoms with E-state index in [1.165, 1.54) is 31.3 Å². The molecule has 0 saturated heterocycles. The maximum atomic E-state index is 15.2. The fourth-order valence-electron chi connectivity index (χ4n) is 4.85. The van der Waals surface area contributed by atoms with Gasteiger partial charge < -0.3 is 14.8 Å². The number of hydrogen-bond donors (Lipinski definition) is 1. The van der Waals surface area contributed by atoms with E-state index in [1.807, 2.05) is 0 Å². The molecular formula is C22H22ClF2NO5S. The maximum absolute atomic E-state index is 15.2. The van der Waals surface area contributed by atoms with Gasteiger partial charge in [-0.15, -0.1) is 0 Å². The lowest BCUT2D eigenvalue weighted by Gasteiger charge is -2.49. The number of ether oxygens (including phenoxy) is 2. The van der Waals surface area contributed by atoms with E-state index in [2.05, 4.69) is 5.32 Å². The molecule has 1 aliphatic carbocycles. The van der Waals surface area contributed by atoms with Crippen molar-refractivity contribution in [1.29, 1.82) is 0 Å². The molecule has 1 amide bonds. The molecule has 0 unspecified atom stereocenters. The number of rotatable bonds is 4. The highest BCUT2D eigenvalue weighted by Gasteiger charge is 2.59. The van der Waals surface area contributed by atoms with E-state index in [0.717, 1.165) is 12.1 Å². The molecule has 2 aliphatic rings. The van der Waals surface area contributed by atoms with Crippen LogP contribution in [0.4, 0.5) is 13.6 Å². The van der Waals surface area contributed by atoms with Gasteiger partial charge in [-0.1, -0.05) is 11.6 Å². The molecule has 0 spiro atoms. The van der Waals surface area contributed by atoms with Crippen LogP contribution in [0.25, 0.3) is 0 Å². The van der Waals surface area contributed by atoms with Crippen molar-refractivity contribution in [2.45, 2.75) is 28.9 Å². The Labute approximate surface area is 189 Å². The third-order valence-electron chi connectivity index (χ3n) is 6.37. The molecule has 0 aromatic heterocycles. The molecule has 4 rings (SSSR count). The summed E-state index contributed by atoms with van der Waals surface area (Å²) in [5.41, 5.74) is -0.269. The molecule has 2 aromatic rings. The fraction of sp³-hybridized carbons (Fsp3) is 0.409. The lowest BCUT2D eigenvalue weighted by atomic mass is 9.69. The molecule has 1 heterocycles. The van der Waals surface area contributed by atoms with Crippen LogP contribution < -0.4 is 10.1 Å². The predicted octanol–water partition coefficient (Wildman–Crippen LogP) is 4.45. The lowest BCUT2D eigenvalue weighted by molar-refractivity contribution is 0.0630. The molecule has 3 atom stereocenters. The van der Waals surface area contributed by atoms with Crippen molar-refractivity contribution < 1.29 is 31.5 Å².